The van der Waals surface area contributed by atoms with Gasteiger partial charge in [-0.25, -0.2) is 17.2 Å². The molecule has 0 saturated carbocycles. The smallest absolute Gasteiger partial charge is 0.324 e. The van der Waals surface area contributed by atoms with Crippen LogP contribution in [-0.2, 0) is 10.0 Å². The number of hydrogen-bond acceptors (Lipinski definition) is 8. The lowest BCUT2D eigenvalue weighted by atomic mass is 10.0. The van der Waals surface area contributed by atoms with Gasteiger partial charge < -0.3 is 14.2 Å². The van der Waals surface area contributed by atoms with E-state index in [2.05, 4.69) is 19.9 Å². The minimum Gasteiger partial charge on any atom is -0.492 e. The second kappa shape index (κ2) is 9.99. The second-order valence-corrected chi connectivity index (χ2v) is 10.0. The molecule has 1 fully saturated rings. The van der Waals surface area contributed by atoms with Crippen molar-refractivity contribution < 1.29 is 26.5 Å². The molecule has 0 atom stereocenters. The average molecular weight is 474 g/mol. The van der Waals surface area contributed by atoms with Crippen LogP contribution < -0.4 is 14.4 Å². The van der Waals surface area contributed by atoms with Gasteiger partial charge in [-0.2, -0.15) is 4.98 Å². The van der Waals surface area contributed by atoms with Crippen LogP contribution in [-0.4, -0.2) is 69.0 Å². The minimum absolute atomic E-state index is 0.000351. The predicted molar refractivity (Wildman–Crippen MR) is 117 cm³/mol. The average Bonchev–Trinajstić information content (AvgIpc) is 3.21. The Bertz CT molecular complexity index is 1000. The molecule has 3 rings (SSSR count). The standard InChI is InChI=1S/C20H29F2N5O4S/c1-13(2)19-23-20(31-24-19)27-7-5-14(6-8-27)26(3)9-10-30-15-11-16(21)18(17(22)12-15)25-32(4,28)29/h11-14,25H,5-10H2,1-4H3. The van der Waals surface area contributed by atoms with Crippen molar-refractivity contribution in [1.82, 2.24) is 15.0 Å². The number of nitrogens with zero attached hydrogens (tertiary/aromatic N) is 4. The maximum absolute atomic E-state index is 14.1. The Hall–Kier alpha value is -2.47. The van der Waals surface area contributed by atoms with Crippen LogP contribution >= 0.6 is 0 Å². The van der Waals surface area contributed by atoms with Gasteiger partial charge in [-0.15, -0.1) is 0 Å². The Kier molecular flexibility index (Phi) is 7.55. The summed E-state index contributed by atoms with van der Waals surface area (Å²) >= 11 is 0. The number of rotatable bonds is 9. The number of hydrogen-bond donors (Lipinski definition) is 1. The molecular formula is C20H29F2N5O4S. The fraction of sp³-hybridized carbons (Fsp3) is 0.600. The van der Waals surface area contributed by atoms with Crippen molar-refractivity contribution in [3.8, 4) is 5.75 Å². The Morgan fingerprint density at radius 1 is 1.28 bits per heavy atom. The van der Waals surface area contributed by atoms with Gasteiger partial charge in [-0.3, -0.25) is 9.62 Å². The van der Waals surface area contributed by atoms with E-state index >= 15 is 0 Å². The topological polar surface area (TPSA) is 101 Å². The first-order valence-corrected chi connectivity index (χ1v) is 12.3. The third-order valence-corrected chi connectivity index (χ3v) is 5.90. The van der Waals surface area contributed by atoms with Gasteiger partial charge in [0.05, 0.1) is 6.26 Å². The number of likely N-dealkylation sites (N-methyl/N-ethyl adjacent to an activating group) is 1. The molecule has 1 aromatic carbocycles. The molecule has 1 aliphatic rings. The van der Waals surface area contributed by atoms with Crippen LogP contribution in [0.25, 0.3) is 0 Å². The molecule has 0 amide bonds. The maximum atomic E-state index is 14.1. The highest BCUT2D eigenvalue weighted by Gasteiger charge is 2.26. The van der Waals surface area contributed by atoms with Crippen molar-refractivity contribution in [2.75, 3.05) is 49.2 Å². The van der Waals surface area contributed by atoms with Gasteiger partial charge in [0.2, 0.25) is 10.0 Å². The lowest BCUT2D eigenvalue weighted by Gasteiger charge is -2.35. The molecule has 1 aromatic heterocycles. The number of anilines is 2. The summed E-state index contributed by atoms with van der Waals surface area (Å²) in [5, 5.41) is 4.01. The van der Waals surface area contributed by atoms with Crippen LogP contribution in [0.5, 0.6) is 5.75 Å². The van der Waals surface area contributed by atoms with Crippen molar-refractivity contribution in [3.05, 3.63) is 29.6 Å². The Labute approximate surface area is 186 Å². The van der Waals surface area contributed by atoms with Crippen molar-refractivity contribution in [1.29, 1.82) is 0 Å². The molecule has 12 heteroatoms. The number of nitrogens with one attached hydrogen (secondary N) is 1. The molecule has 9 nitrogen and oxygen atoms in total. The second-order valence-electron chi connectivity index (χ2n) is 8.27. The zero-order valence-electron chi connectivity index (χ0n) is 18.6. The molecule has 0 radical (unpaired) electrons. The molecule has 178 valence electrons. The zero-order valence-corrected chi connectivity index (χ0v) is 19.5. The minimum atomic E-state index is -3.79. The van der Waals surface area contributed by atoms with Crippen molar-refractivity contribution >= 4 is 21.7 Å². The summed E-state index contributed by atoms with van der Waals surface area (Å²) < 4.78 is 63.2. The van der Waals surface area contributed by atoms with Crippen molar-refractivity contribution in [2.45, 2.75) is 38.6 Å². The number of aromatic nitrogens is 2. The molecule has 32 heavy (non-hydrogen) atoms. The Morgan fingerprint density at radius 2 is 1.91 bits per heavy atom. The van der Waals surface area contributed by atoms with Gasteiger partial charge in [0.25, 0.3) is 0 Å². The summed E-state index contributed by atoms with van der Waals surface area (Å²) in [5.74, 6) is -1.16. The summed E-state index contributed by atoms with van der Waals surface area (Å²) in [6, 6.07) is 2.81. The van der Waals surface area contributed by atoms with E-state index in [9.17, 15) is 17.2 Å². The van der Waals surface area contributed by atoms with Gasteiger partial charge in [-0.05, 0) is 19.9 Å². The molecule has 0 unspecified atom stereocenters. The van der Waals surface area contributed by atoms with Crippen LogP contribution in [0.3, 0.4) is 0 Å². The fourth-order valence-corrected chi connectivity index (χ4v) is 4.06. The molecule has 0 spiro atoms. The number of benzene rings is 1. The number of piperidine rings is 1. The van der Waals surface area contributed by atoms with E-state index < -0.39 is 27.3 Å². The molecule has 0 aliphatic carbocycles. The van der Waals surface area contributed by atoms with E-state index in [0.717, 1.165) is 44.3 Å². The first-order chi connectivity index (χ1) is 15.0. The van der Waals surface area contributed by atoms with Crippen molar-refractivity contribution in [3.63, 3.8) is 0 Å². The summed E-state index contributed by atoms with van der Waals surface area (Å²) in [5.41, 5.74) is -0.717. The van der Waals surface area contributed by atoms with Crippen LogP contribution in [0.15, 0.2) is 16.7 Å². The molecule has 1 N–H and O–H groups in total. The molecular weight excluding hydrogens is 444 g/mol. The van der Waals surface area contributed by atoms with Crippen LogP contribution in [0, 0.1) is 11.6 Å². The Morgan fingerprint density at radius 3 is 2.44 bits per heavy atom. The molecule has 2 aromatic rings. The van der Waals surface area contributed by atoms with Gasteiger partial charge in [0.1, 0.15) is 18.0 Å². The van der Waals surface area contributed by atoms with E-state index in [0.29, 0.717) is 24.4 Å². The van der Waals surface area contributed by atoms with E-state index in [-0.39, 0.29) is 18.3 Å². The third kappa shape index (κ3) is 6.28. The normalized spacial score (nSPS) is 15.6. The van der Waals surface area contributed by atoms with Gasteiger partial charge in [0, 0.05) is 43.7 Å². The molecule has 1 aliphatic heterocycles. The number of sulfonamides is 1. The van der Waals surface area contributed by atoms with E-state index in [1.165, 1.54) is 0 Å². The monoisotopic (exact) mass is 473 g/mol. The van der Waals surface area contributed by atoms with Crippen molar-refractivity contribution in [2.24, 2.45) is 0 Å². The van der Waals surface area contributed by atoms with E-state index in [1.54, 1.807) is 0 Å². The first kappa shape index (κ1) is 24.2. The Balaban J connectivity index is 1.47. The van der Waals surface area contributed by atoms with E-state index in [4.69, 9.17) is 9.26 Å². The van der Waals surface area contributed by atoms with Gasteiger partial charge >= 0.3 is 6.01 Å². The van der Waals surface area contributed by atoms with Crippen LogP contribution in [0.1, 0.15) is 38.4 Å². The number of halogens is 2. The fourth-order valence-electron chi connectivity index (χ4n) is 3.49. The number of ether oxygens (including phenoxy) is 1. The predicted octanol–water partition coefficient (Wildman–Crippen LogP) is 2.82. The lowest BCUT2D eigenvalue weighted by Crippen LogP contribution is -2.44. The molecule has 0 bridgehead atoms. The SMILES string of the molecule is CC(C)c1noc(N2CCC(N(C)CCOc3cc(F)c(NS(C)(=O)=O)c(F)c3)CC2)n1. The summed E-state index contributed by atoms with van der Waals surface area (Å²) in [6.07, 6.45) is 2.64. The first-order valence-electron chi connectivity index (χ1n) is 10.4. The zero-order chi connectivity index (χ0) is 23.5. The highest BCUT2D eigenvalue weighted by atomic mass is 32.2. The maximum Gasteiger partial charge on any atom is 0.324 e. The van der Waals surface area contributed by atoms with Crippen LogP contribution in [0.4, 0.5) is 20.5 Å². The van der Waals surface area contributed by atoms with Gasteiger partial charge in [0.15, 0.2) is 17.5 Å². The third-order valence-electron chi connectivity index (χ3n) is 5.32. The summed E-state index contributed by atoms with van der Waals surface area (Å²) in [6.45, 7) is 6.41. The quantitative estimate of drug-likeness (QED) is 0.593. The largest absolute Gasteiger partial charge is 0.492 e. The summed E-state index contributed by atoms with van der Waals surface area (Å²) in [4.78, 5) is 8.67. The highest BCUT2D eigenvalue weighted by molar-refractivity contribution is 7.92. The van der Waals surface area contributed by atoms with E-state index in [1.807, 2.05) is 25.6 Å². The molecule has 2 heterocycles. The van der Waals surface area contributed by atoms with Gasteiger partial charge in [-0.1, -0.05) is 19.0 Å². The summed E-state index contributed by atoms with van der Waals surface area (Å²) in [7, 11) is -1.81. The van der Waals surface area contributed by atoms with Crippen LogP contribution in [0.2, 0.25) is 0 Å². The molecule has 1 saturated heterocycles. The lowest BCUT2D eigenvalue weighted by molar-refractivity contribution is 0.168. The highest BCUT2D eigenvalue weighted by Crippen LogP contribution is 2.26.